The highest BCUT2D eigenvalue weighted by atomic mass is 19.1. The van der Waals surface area contributed by atoms with E-state index >= 15 is 0 Å². The number of hydrogen-bond acceptors (Lipinski definition) is 3. The van der Waals surface area contributed by atoms with E-state index in [1.807, 2.05) is 6.07 Å². The van der Waals surface area contributed by atoms with Crippen molar-refractivity contribution in [2.24, 2.45) is 0 Å². The van der Waals surface area contributed by atoms with Crippen LogP contribution in [0.25, 0.3) is 11.2 Å². The molecule has 0 radical (unpaired) electrons. The van der Waals surface area contributed by atoms with Crippen molar-refractivity contribution >= 4 is 17.1 Å². The van der Waals surface area contributed by atoms with Gasteiger partial charge in [0.2, 0.25) is 5.95 Å². The molecule has 2 N–H and O–H groups in total. The van der Waals surface area contributed by atoms with Crippen LogP contribution in [-0.4, -0.2) is 14.5 Å². The SMILES string of the molecule is Nc1nc2cccnc2n1Cc1ccccc1F. The van der Waals surface area contributed by atoms with Gasteiger partial charge in [0.25, 0.3) is 0 Å². The van der Waals surface area contributed by atoms with Gasteiger partial charge in [-0.1, -0.05) is 18.2 Å². The Kier molecular flexibility index (Phi) is 2.44. The van der Waals surface area contributed by atoms with Crippen molar-refractivity contribution in [2.45, 2.75) is 6.54 Å². The Balaban J connectivity index is 2.10. The minimum absolute atomic E-state index is 0.255. The smallest absolute Gasteiger partial charge is 0.202 e. The zero-order chi connectivity index (χ0) is 12.5. The molecule has 0 aliphatic heterocycles. The second kappa shape index (κ2) is 4.10. The maximum Gasteiger partial charge on any atom is 0.202 e. The molecule has 0 saturated carbocycles. The Morgan fingerprint density at radius 3 is 2.83 bits per heavy atom. The third-order valence-corrected chi connectivity index (χ3v) is 2.82. The fourth-order valence-corrected chi connectivity index (χ4v) is 1.93. The number of rotatable bonds is 2. The van der Waals surface area contributed by atoms with E-state index in [4.69, 9.17) is 5.73 Å². The Hall–Kier alpha value is -2.43. The van der Waals surface area contributed by atoms with Crippen LogP contribution in [0.2, 0.25) is 0 Å². The van der Waals surface area contributed by atoms with Crippen LogP contribution in [0, 0.1) is 5.82 Å². The minimum atomic E-state index is -0.255. The van der Waals surface area contributed by atoms with Crippen LogP contribution in [0.1, 0.15) is 5.56 Å². The highest BCUT2D eigenvalue weighted by Gasteiger charge is 2.10. The number of nitrogen functional groups attached to an aromatic ring is 1. The predicted octanol–water partition coefficient (Wildman–Crippen LogP) is 2.20. The summed E-state index contributed by atoms with van der Waals surface area (Å²) in [5, 5.41) is 0. The summed E-state index contributed by atoms with van der Waals surface area (Å²) in [7, 11) is 0. The van der Waals surface area contributed by atoms with E-state index in [1.54, 1.807) is 35.0 Å². The fraction of sp³-hybridized carbons (Fsp3) is 0.0769. The van der Waals surface area contributed by atoms with E-state index in [-0.39, 0.29) is 5.82 Å². The van der Waals surface area contributed by atoms with E-state index in [2.05, 4.69) is 9.97 Å². The summed E-state index contributed by atoms with van der Waals surface area (Å²) in [4.78, 5) is 8.42. The summed E-state index contributed by atoms with van der Waals surface area (Å²) in [6.07, 6.45) is 1.67. The van der Waals surface area contributed by atoms with E-state index < -0.39 is 0 Å². The summed E-state index contributed by atoms with van der Waals surface area (Å²) in [5.74, 6) is 0.0848. The van der Waals surface area contributed by atoms with Crippen LogP contribution in [-0.2, 0) is 6.54 Å². The maximum atomic E-state index is 13.6. The van der Waals surface area contributed by atoms with Gasteiger partial charge in [0.1, 0.15) is 11.3 Å². The first-order valence-electron chi connectivity index (χ1n) is 5.56. The molecule has 3 aromatic rings. The predicted molar refractivity (Wildman–Crippen MR) is 67.4 cm³/mol. The Morgan fingerprint density at radius 1 is 1.17 bits per heavy atom. The molecule has 0 spiro atoms. The molecule has 2 heterocycles. The highest BCUT2D eigenvalue weighted by molar-refractivity contribution is 5.73. The fourth-order valence-electron chi connectivity index (χ4n) is 1.93. The van der Waals surface area contributed by atoms with Gasteiger partial charge in [-0.15, -0.1) is 0 Å². The van der Waals surface area contributed by atoms with Gasteiger partial charge in [0, 0.05) is 11.8 Å². The van der Waals surface area contributed by atoms with E-state index in [9.17, 15) is 4.39 Å². The molecule has 18 heavy (non-hydrogen) atoms. The van der Waals surface area contributed by atoms with Crippen molar-refractivity contribution in [2.75, 3.05) is 5.73 Å². The van der Waals surface area contributed by atoms with Gasteiger partial charge in [-0.05, 0) is 18.2 Å². The molecule has 0 atom stereocenters. The number of imidazole rings is 1. The molecule has 4 nitrogen and oxygen atoms in total. The van der Waals surface area contributed by atoms with Crippen molar-refractivity contribution in [3.05, 3.63) is 54.0 Å². The number of pyridine rings is 1. The molecule has 0 unspecified atom stereocenters. The van der Waals surface area contributed by atoms with Crippen molar-refractivity contribution in [3.8, 4) is 0 Å². The normalized spacial score (nSPS) is 10.9. The van der Waals surface area contributed by atoms with E-state index in [0.717, 1.165) is 0 Å². The van der Waals surface area contributed by atoms with Gasteiger partial charge in [0.15, 0.2) is 5.65 Å². The maximum absolute atomic E-state index is 13.6. The number of halogens is 1. The van der Waals surface area contributed by atoms with Gasteiger partial charge >= 0.3 is 0 Å². The molecule has 0 amide bonds. The first-order valence-corrected chi connectivity index (χ1v) is 5.56. The number of anilines is 1. The molecule has 90 valence electrons. The zero-order valence-electron chi connectivity index (χ0n) is 9.55. The topological polar surface area (TPSA) is 56.7 Å². The first-order chi connectivity index (χ1) is 8.75. The lowest BCUT2D eigenvalue weighted by Gasteiger charge is -2.06. The standard InChI is InChI=1S/C13H11FN4/c14-10-5-2-1-4-9(10)8-18-12-11(17-13(18)15)6-3-7-16-12/h1-7H,8H2,(H2,15,17). The first kappa shape index (κ1) is 10.7. The molecule has 0 bridgehead atoms. The van der Waals surface area contributed by atoms with Crippen molar-refractivity contribution < 1.29 is 4.39 Å². The number of hydrogen-bond donors (Lipinski definition) is 1. The third kappa shape index (κ3) is 1.69. The lowest BCUT2D eigenvalue weighted by Crippen LogP contribution is -2.06. The monoisotopic (exact) mass is 242 g/mol. The summed E-state index contributed by atoms with van der Waals surface area (Å²) < 4.78 is 15.3. The zero-order valence-corrected chi connectivity index (χ0v) is 9.55. The van der Waals surface area contributed by atoms with Crippen LogP contribution in [0.3, 0.4) is 0 Å². The van der Waals surface area contributed by atoms with E-state index in [0.29, 0.717) is 29.2 Å². The molecule has 5 heteroatoms. The summed E-state index contributed by atoms with van der Waals surface area (Å²) >= 11 is 0. The highest BCUT2D eigenvalue weighted by Crippen LogP contribution is 2.18. The van der Waals surface area contributed by atoms with Gasteiger partial charge < -0.3 is 5.73 Å². The average molecular weight is 242 g/mol. The van der Waals surface area contributed by atoms with Crippen LogP contribution < -0.4 is 5.73 Å². The summed E-state index contributed by atoms with van der Waals surface area (Å²) in [6, 6.07) is 10.2. The van der Waals surface area contributed by atoms with Gasteiger partial charge in [-0.25, -0.2) is 14.4 Å². The minimum Gasteiger partial charge on any atom is -0.369 e. The molecule has 0 aliphatic rings. The van der Waals surface area contributed by atoms with Gasteiger partial charge in [0.05, 0.1) is 6.54 Å². The van der Waals surface area contributed by atoms with Crippen LogP contribution >= 0.6 is 0 Å². The van der Waals surface area contributed by atoms with Crippen LogP contribution in [0.15, 0.2) is 42.6 Å². The number of nitrogens with two attached hydrogens (primary N) is 1. The van der Waals surface area contributed by atoms with Crippen molar-refractivity contribution in [1.82, 2.24) is 14.5 Å². The lowest BCUT2D eigenvalue weighted by atomic mass is 10.2. The van der Waals surface area contributed by atoms with Crippen molar-refractivity contribution in [1.29, 1.82) is 0 Å². The second-order valence-electron chi connectivity index (χ2n) is 3.99. The largest absolute Gasteiger partial charge is 0.369 e. The Bertz CT molecular complexity index is 705. The molecule has 1 aromatic carbocycles. The van der Waals surface area contributed by atoms with Gasteiger partial charge in [-0.2, -0.15) is 0 Å². The molecule has 0 aliphatic carbocycles. The summed E-state index contributed by atoms with van der Waals surface area (Å²) in [6.45, 7) is 0.325. The number of fused-ring (bicyclic) bond motifs is 1. The Morgan fingerprint density at radius 2 is 2.00 bits per heavy atom. The molecule has 2 aromatic heterocycles. The molecule has 0 saturated heterocycles. The van der Waals surface area contributed by atoms with Crippen LogP contribution in [0.5, 0.6) is 0 Å². The molecular formula is C13H11FN4. The molecule has 0 fully saturated rings. The quantitative estimate of drug-likeness (QED) is 0.749. The van der Waals surface area contributed by atoms with Crippen molar-refractivity contribution in [3.63, 3.8) is 0 Å². The molecule has 3 rings (SSSR count). The third-order valence-electron chi connectivity index (χ3n) is 2.82. The molecular weight excluding hydrogens is 231 g/mol. The van der Waals surface area contributed by atoms with E-state index in [1.165, 1.54) is 6.07 Å². The van der Waals surface area contributed by atoms with Crippen LogP contribution in [0.4, 0.5) is 10.3 Å². The Labute approximate surface area is 103 Å². The van der Waals surface area contributed by atoms with Gasteiger partial charge in [-0.3, -0.25) is 4.57 Å². The second-order valence-corrected chi connectivity index (χ2v) is 3.99. The number of benzene rings is 1. The number of aromatic nitrogens is 3. The average Bonchev–Trinajstić information content (AvgIpc) is 2.69. The summed E-state index contributed by atoms with van der Waals surface area (Å²) in [5.41, 5.74) is 7.78. The number of nitrogens with zero attached hydrogens (tertiary/aromatic N) is 3. The lowest BCUT2D eigenvalue weighted by molar-refractivity contribution is 0.602.